The Morgan fingerprint density at radius 2 is 2.06 bits per heavy atom. The number of ether oxygens (including phenoxy) is 2. The molecule has 4 aliphatic carbocycles. The molecule has 0 bridgehead atoms. The Morgan fingerprint density at radius 3 is 2.76 bits per heavy atom. The molecule has 0 unspecified atom stereocenters. The fourth-order valence-electron chi connectivity index (χ4n) is 8.53. The van der Waals surface area contributed by atoms with Crippen LogP contribution in [0.1, 0.15) is 39.5 Å². The van der Waals surface area contributed by atoms with Crippen molar-refractivity contribution < 1.29 is 24.2 Å². The highest BCUT2D eigenvalue weighted by Gasteiger charge is 2.76. The highest BCUT2D eigenvalue weighted by Crippen LogP contribution is 2.72. The van der Waals surface area contributed by atoms with Gasteiger partial charge in [0.05, 0.1) is 12.7 Å². The van der Waals surface area contributed by atoms with E-state index in [0.29, 0.717) is 36.8 Å². The van der Waals surface area contributed by atoms with Crippen molar-refractivity contribution in [3.63, 3.8) is 0 Å². The molecule has 1 spiro atoms. The minimum absolute atomic E-state index is 0.0254. The number of hydrogen-bond donors (Lipinski definition) is 2. The molecule has 5 aliphatic rings. The van der Waals surface area contributed by atoms with Crippen molar-refractivity contribution in [2.45, 2.75) is 51.2 Å². The highest BCUT2D eigenvalue weighted by molar-refractivity contribution is 6.01. The van der Waals surface area contributed by atoms with Crippen LogP contribution in [-0.4, -0.2) is 41.6 Å². The first kappa shape index (κ1) is 22.1. The first-order chi connectivity index (χ1) is 16.2. The largest absolute Gasteiger partial charge is 0.486 e. The zero-order valence-electron chi connectivity index (χ0n) is 19.8. The van der Waals surface area contributed by atoms with Gasteiger partial charge in [0.15, 0.2) is 5.78 Å². The molecule has 1 aromatic carbocycles. The summed E-state index contributed by atoms with van der Waals surface area (Å²) < 4.78 is 12.0. The summed E-state index contributed by atoms with van der Waals surface area (Å²) in [5, 5.41) is 11.6. The third-order valence-corrected chi connectivity index (χ3v) is 9.93. The maximum Gasteiger partial charge on any atom is 0.202 e. The van der Waals surface area contributed by atoms with Gasteiger partial charge in [-0.1, -0.05) is 25.5 Å². The predicted octanol–water partition coefficient (Wildman–Crippen LogP) is 3.49. The predicted molar refractivity (Wildman–Crippen MR) is 127 cm³/mol. The van der Waals surface area contributed by atoms with Gasteiger partial charge < -0.3 is 20.3 Å². The number of fused-ring (bicyclic) bond motifs is 4. The highest BCUT2D eigenvalue weighted by atomic mass is 16.5. The third-order valence-electron chi connectivity index (χ3n) is 9.93. The Hall–Kier alpha value is -2.44. The molecule has 3 N–H and O–H groups in total. The molecule has 34 heavy (non-hydrogen) atoms. The van der Waals surface area contributed by atoms with E-state index in [-0.39, 0.29) is 46.8 Å². The number of hydrogen-bond acceptors (Lipinski definition) is 6. The summed E-state index contributed by atoms with van der Waals surface area (Å²) in [4.78, 5) is 25.7. The minimum Gasteiger partial charge on any atom is -0.486 e. The van der Waals surface area contributed by atoms with Gasteiger partial charge in [0.25, 0.3) is 0 Å². The average Bonchev–Trinajstić information content (AvgIpc) is 3.02. The number of benzene rings is 1. The van der Waals surface area contributed by atoms with Crippen molar-refractivity contribution in [3.05, 3.63) is 48.1 Å². The Labute approximate surface area is 200 Å². The maximum atomic E-state index is 13.6. The van der Waals surface area contributed by atoms with E-state index in [1.54, 1.807) is 36.4 Å². The third kappa shape index (κ3) is 2.75. The smallest absolute Gasteiger partial charge is 0.202 e. The number of rotatable bonds is 4. The van der Waals surface area contributed by atoms with Crippen LogP contribution in [0.4, 0.5) is 5.69 Å². The first-order valence-corrected chi connectivity index (χ1v) is 12.5. The molecule has 1 saturated heterocycles. The van der Waals surface area contributed by atoms with Gasteiger partial charge in [-0.25, -0.2) is 0 Å². The number of ketones is 2. The normalized spacial score (nSPS) is 44.1. The summed E-state index contributed by atoms with van der Waals surface area (Å²) in [5.41, 5.74) is 6.02. The molecule has 180 valence electrons. The SMILES string of the molecule is C[C@H]1C[C@@H]2[C@H]([C@@H](O)C[C@]34CO[C@]3(C(=O)COc3ccc(N)cc3)CC[C@@H]24)[C@@]2(C)C=CC(=O)C=C12. The topological polar surface area (TPSA) is 98.8 Å². The van der Waals surface area contributed by atoms with Gasteiger partial charge in [0.1, 0.15) is 18.0 Å². The van der Waals surface area contributed by atoms with Crippen molar-refractivity contribution in [3.8, 4) is 5.75 Å². The van der Waals surface area contributed by atoms with Crippen molar-refractivity contribution in [1.82, 2.24) is 0 Å². The van der Waals surface area contributed by atoms with Crippen LogP contribution in [0.5, 0.6) is 5.75 Å². The Bertz CT molecular complexity index is 1110. The molecule has 6 rings (SSSR count). The van der Waals surface area contributed by atoms with Crippen LogP contribution < -0.4 is 10.5 Å². The molecule has 6 nitrogen and oxygen atoms in total. The molecule has 6 heteroatoms. The standard InChI is InChI=1S/C28H33NO5/c1-16-11-20-21-8-10-28(24(32)14-33-19-5-3-17(29)4-6-19)27(21,15-34-28)13-23(31)25(20)26(2)9-7-18(30)12-22(16)26/h3-7,9,12,16,20-21,23,25,31H,8,10-11,13-15,29H2,1-2H3/t16-,20-,21-,23-,25+,26-,27+,28-/m0/s1. The van der Waals surface area contributed by atoms with Gasteiger partial charge in [-0.05, 0) is 79.9 Å². The van der Waals surface area contributed by atoms with E-state index in [1.807, 2.05) is 6.08 Å². The molecule has 0 radical (unpaired) electrons. The van der Waals surface area contributed by atoms with Crippen molar-refractivity contribution in [2.75, 3.05) is 18.9 Å². The van der Waals surface area contributed by atoms with Crippen LogP contribution in [0.3, 0.4) is 0 Å². The number of nitrogen functional groups attached to an aromatic ring is 1. The maximum absolute atomic E-state index is 13.6. The molecular formula is C28H33NO5. The number of anilines is 1. The molecule has 1 aromatic rings. The molecule has 0 amide bonds. The first-order valence-electron chi connectivity index (χ1n) is 12.5. The van der Waals surface area contributed by atoms with Gasteiger partial charge in [0.2, 0.25) is 5.78 Å². The second-order valence-electron chi connectivity index (χ2n) is 11.4. The lowest BCUT2D eigenvalue weighted by Gasteiger charge is -2.65. The minimum atomic E-state index is -0.865. The number of nitrogens with two attached hydrogens (primary N) is 1. The van der Waals surface area contributed by atoms with Crippen molar-refractivity contribution in [2.24, 2.45) is 34.5 Å². The Balaban J connectivity index is 1.28. The second-order valence-corrected chi connectivity index (χ2v) is 11.4. The molecular weight excluding hydrogens is 430 g/mol. The summed E-state index contributed by atoms with van der Waals surface area (Å²) in [6.07, 6.45) is 8.04. The van der Waals surface area contributed by atoms with Gasteiger partial charge in [-0.15, -0.1) is 0 Å². The van der Waals surface area contributed by atoms with E-state index in [9.17, 15) is 14.7 Å². The van der Waals surface area contributed by atoms with Gasteiger partial charge in [-0.2, -0.15) is 0 Å². The van der Waals surface area contributed by atoms with Crippen molar-refractivity contribution >= 4 is 17.3 Å². The van der Waals surface area contributed by atoms with Crippen molar-refractivity contribution in [1.29, 1.82) is 0 Å². The lowest BCUT2D eigenvalue weighted by Crippen LogP contribution is -2.72. The van der Waals surface area contributed by atoms with Crippen LogP contribution in [-0.2, 0) is 14.3 Å². The van der Waals surface area contributed by atoms with Crippen LogP contribution >= 0.6 is 0 Å². The van der Waals surface area contributed by atoms with Gasteiger partial charge >= 0.3 is 0 Å². The number of aliphatic hydroxyl groups excluding tert-OH is 1. The monoisotopic (exact) mass is 463 g/mol. The summed E-state index contributed by atoms with van der Waals surface area (Å²) in [6, 6.07) is 7.04. The average molecular weight is 464 g/mol. The second kappa shape index (κ2) is 7.28. The molecule has 4 fully saturated rings. The molecule has 1 aliphatic heterocycles. The van der Waals surface area contributed by atoms with Gasteiger partial charge in [0, 0.05) is 22.4 Å². The summed E-state index contributed by atoms with van der Waals surface area (Å²) in [5.74, 6) is 1.55. The lowest BCUT2D eigenvalue weighted by molar-refractivity contribution is -0.287. The van der Waals surface area contributed by atoms with Crippen LogP contribution in [0.25, 0.3) is 0 Å². The summed E-state index contributed by atoms with van der Waals surface area (Å²) >= 11 is 0. The van der Waals surface area contributed by atoms with Crippen LogP contribution in [0.15, 0.2) is 48.1 Å². The number of carbonyl (C=O) groups excluding carboxylic acids is 2. The summed E-state index contributed by atoms with van der Waals surface area (Å²) in [7, 11) is 0. The number of aliphatic hydroxyl groups is 1. The Morgan fingerprint density at radius 1 is 1.29 bits per heavy atom. The van der Waals surface area contributed by atoms with E-state index in [0.717, 1.165) is 18.4 Å². The van der Waals surface area contributed by atoms with E-state index in [4.69, 9.17) is 15.2 Å². The zero-order chi connectivity index (χ0) is 23.9. The molecule has 3 saturated carbocycles. The quantitative estimate of drug-likeness (QED) is 0.664. The van der Waals surface area contributed by atoms with Crippen LogP contribution in [0, 0.1) is 34.5 Å². The number of carbonyl (C=O) groups is 2. The Kier molecular flexibility index (Phi) is 4.72. The van der Waals surface area contributed by atoms with E-state index >= 15 is 0 Å². The van der Waals surface area contributed by atoms with E-state index < -0.39 is 11.7 Å². The van der Waals surface area contributed by atoms with Gasteiger partial charge in [-0.3, -0.25) is 9.59 Å². The molecule has 8 atom stereocenters. The molecule has 1 heterocycles. The summed E-state index contributed by atoms with van der Waals surface area (Å²) in [6.45, 7) is 4.86. The fraction of sp³-hybridized carbons (Fsp3) is 0.571. The lowest BCUT2D eigenvalue weighted by atomic mass is 9.43. The number of allylic oxidation sites excluding steroid dienone is 4. The molecule has 0 aromatic heterocycles. The number of Topliss-reactive ketones (excluding diaryl/α,β-unsaturated/α-hetero) is 1. The van der Waals surface area contributed by atoms with Crippen LogP contribution in [0.2, 0.25) is 0 Å². The zero-order valence-corrected chi connectivity index (χ0v) is 19.8. The van der Waals surface area contributed by atoms with E-state index in [2.05, 4.69) is 13.8 Å². The fourth-order valence-corrected chi connectivity index (χ4v) is 8.53. The van der Waals surface area contributed by atoms with E-state index in [1.165, 1.54) is 0 Å².